The summed E-state index contributed by atoms with van der Waals surface area (Å²) < 4.78 is 0. The van der Waals surface area contributed by atoms with E-state index in [4.69, 9.17) is 11.6 Å². The molecule has 140 valence electrons. The zero-order valence-electron chi connectivity index (χ0n) is 16.0. The first-order valence-electron chi connectivity index (χ1n) is 9.97. The van der Waals surface area contributed by atoms with Crippen molar-refractivity contribution in [1.82, 2.24) is 0 Å². The molecule has 2 aliphatic carbocycles. The molecule has 0 saturated carbocycles. The van der Waals surface area contributed by atoms with Crippen LogP contribution in [0.5, 0.6) is 0 Å². The van der Waals surface area contributed by atoms with Crippen molar-refractivity contribution in [1.29, 1.82) is 0 Å². The average molecular weight is 387 g/mol. The molecule has 2 unspecified atom stereocenters. The van der Waals surface area contributed by atoms with Gasteiger partial charge in [0.2, 0.25) is 0 Å². The molecule has 0 fully saturated rings. The van der Waals surface area contributed by atoms with E-state index in [2.05, 4.69) is 61.5 Å². The Morgan fingerprint density at radius 1 is 1.04 bits per heavy atom. The van der Waals surface area contributed by atoms with Crippen LogP contribution in [0.2, 0.25) is 5.02 Å². The molecule has 1 N–H and O–H groups in total. The first-order valence-corrected chi connectivity index (χ1v) is 10.3. The summed E-state index contributed by atoms with van der Waals surface area (Å²) in [4.78, 5) is 0. The molecule has 3 aromatic rings. The summed E-state index contributed by atoms with van der Waals surface area (Å²) in [7, 11) is 0. The number of hydrogen-bond donors (Lipinski definition) is 1. The van der Waals surface area contributed by atoms with Gasteiger partial charge in [-0.05, 0) is 69.5 Å². The van der Waals surface area contributed by atoms with Crippen LogP contribution < -0.4 is 0 Å². The Balaban J connectivity index is 1.61. The molecule has 3 aromatic carbocycles. The third-order valence-corrected chi connectivity index (χ3v) is 6.72. The molecule has 28 heavy (non-hydrogen) atoms. The zero-order chi connectivity index (χ0) is 19.3. The Morgan fingerprint density at radius 2 is 1.86 bits per heavy atom. The van der Waals surface area contributed by atoms with E-state index in [-0.39, 0.29) is 6.61 Å². The lowest BCUT2D eigenvalue weighted by Crippen LogP contribution is -2.18. The van der Waals surface area contributed by atoms with Crippen LogP contribution >= 0.6 is 11.6 Å². The van der Waals surface area contributed by atoms with E-state index in [1.165, 1.54) is 27.6 Å². The highest BCUT2D eigenvalue weighted by Crippen LogP contribution is 2.46. The Hall–Kier alpha value is -2.35. The molecule has 0 spiro atoms. The van der Waals surface area contributed by atoms with Gasteiger partial charge in [0.1, 0.15) is 0 Å². The number of aliphatic hydroxyl groups is 1. The lowest BCUT2D eigenvalue weighted by atomic mass is 9.71. The quantitative estimate of drug-likeness (QED) is 0.521. The summed E-state index contributed by atoms with van der Waals surface area (Å²) >= 11 is 6.42. The van der Waals surface area contributed by atoms with Crippen LogP contribution in [0, 0.1) is 5.92 Å². The average Bonchev–Trinajstić information content (AvgIpc) is 2.74. The van der Waals surface area contributed by atoms with Crippen LogP contribution in [-0.2, 0) is 13.0 Å². The molecule has 5 rings (SSSR count). The van der Waals surface area contributed by atoms with Crippen molar-refractivity contribution in [3.63, 3.8) is 0 Å². The van der Waals surface area contributed by atoms with Gasteiger partial charge in [-0.2, -0.15) is 0 Å². The second-order valence-electron chi connectivity index (χ2n) is 8.04. The normalized spacial score (nSPS) is 21.0. The van der Waals surface area contributed by atoms with Crippen LogP contribution in [-0.4, -0.2) is 5.11 Å². The SMILES string of the molecule is CC1Cc2c(ccc3cc(CO)c(Cl)cc23)C2=C1CC(c1ccccc1)C=C2. The molecule has 0 amide bonds. The van der Waals surface area contributed by atoms with Crippen molar-refractivity contribution in [2.24, 2.45) is 5.92 Å². The van der Waals surface area contributed by atoms with Gasteiger partial charge in [-0.15, -0.1) is 0 Å². The number of rotatable bonds is 2. The van der Waals surface area contributed by atoms with Crippen LogP contribution in [0.3, 0.4) is 0 Å². The molecule has 0 aliphatic heterocycles. The minimum atomic E-state index is -0.0266. The maximum Gasteiger partial charge on any atom is 0.0696 e. The van der Waals surface area contributed by atoms with Crippen molar-refractivity contribution in [3.8, 4) is 0 Å². The predicted molar refractivity (Wildman–Crippen MR) is 118 cm³/mol. The fourth-order valence-electron chi connectivity index (χ4n) is 4.87. The summed E-state index contributed by atoms with van der Waals surface area (Å²) in [5.41, 5.74) is 7.88. The van der Waals surface area contributed by atoms with Crippen molar-refractivity contribution < 1.29 is 5.11 Å². The van der Waals surface area contributed by atoms with Crippen LogP contribution in [0.1, 0.15) is 41.5 Å². The Kier molecular flexibility index (Phi) is 4.38. The Bertz CT molecular complexity index is 1120. The number of fused-ring (bicyclic) bond motifs is 4. The maximum atomic E-state index is 9.53. The maximum absolute atomic E-state index is 9.53. The third kappa shape index (κ3) is 2.82. The molecule has 0 bridgehead atoms. The Morgan fingerprint density at radius 3 is 2.64 bits per heavy atom. The van der Waals surface area contributed by atoms with E-state index in [1.54, 1.807) is 5.57 Å². The standard InChI is InChI=1S/C26H23ClO/c1-16-11-25-22(10-8-19-12-20(15-28)26(27)14-24(19)25)21-9-7-18(13-23(16)21)17-5-3-2-4-6-17/h2-10,12,14,16,18,28H,11,13,15H2,1H3. The zero-order valence-corrected chi connectivity index (χ0v) is 16.7. The van der Waals surface area contributed by atoms with Crippen molar-refractivity contribution in [2.45, 2.75) is 32.3 Å². The fraction of sp³-hybridized carbons (Fsp3) is 0.231. The lowest BCUT2D eigenvalue weighted by Gasteiger charge is -2.33. The number of benzene rings is 3. The number of halogens is 1. The van der Waals surface area contributed by atoms with Gasteiger partial charge in [-0.1, -0.05) is 78.7 Å². The number of aliphatic hydroxyl groups excluding tert-OH is 1. The van der Waals surface area contributed by atoms with Gasteiger partial charge in [-0.25, -0.2) is 0 Å². The highest BCUT2D eigenvalue weighted by Gasteiger charge is 2.29. The summed E-state index contributed by atoms with van der Waals surface area (Å²) in [6, 6.07) is 19.3. The molecule has 0 heterocycles. The lowest BCUT2D eigenvalue weighted by molar-refractivity contribution is 0.282. The molecule has 1 nitrogen and oxygen atoms in total. The molecule has 0 aromatic heterocycles. The van der Waals surface area contributed by atoms with Crippen LogP contribution in [0.25, 0.3) is 16.3 Å². The van der Waals surface area contributed by atoms with Gasteiger partial charge in [0.15, 0.2) is 0 Å². The monoisotopic (exact) mass is 386 g/mol. The largest absolute Gasteiger partial charge is 0.392 e. The van der Waals surface area contributed by atoms with E-state index < -0.39 is 0 Å². The highest BCUT2D eigenvalue weighted by atomic mass is 35.5. The third-order valence-electron chi connectivity index (χ3n) is 6.37. The molecular formula is C26H23ClO. The number of hydrogen-bond acceptors (Lipinski definition) is 1. The first-order chi connectivity index (χ1) is 13.7. The Labute approximate surface area is 171 Å². The van der Waals surface area contributed by atoms with E-state index in [0.29, 0.717) is 16.9 Å². The molecule has 2 atom stereocenters. The van der Waals surface area contributed by atoms with Gasteiger partial charge in [-0.3, -0.25) is 0 Å². The smallest absolute Gasteiger partial charge is 0.0696 e. The predicted octanol–water partition coefficient (Wildman–Crippen LogP) is 6.68. The molecular weight excluding hydrogens is 364 g/mol. The highest BCUT2D eigenvalue weighted by molar-refractivity contribution is 6.32. The van der Waals surface area contributed by atoms with Gasteiger partial charge in [0.05, 0.1) is 6.61 Å². The van der Waals surface area contributed by atoms with E-state index in [1.807, 2.05) is 12.1 Å². The van der Waals surface area contributed by atoms with Crippen LogP contribution in [0.15, 0.2) is 72.3 Å². The van der Waals surface area contributed by atoms with Gasteiger partial charge in [0.25, 0.3) is 0 Å². The summed E-state index contributed by atoms with van der Waals surface area (Å²) in [6.45, 7) is 2.32. The van der Waals surface area contributed by atoms with E-state index in [9.17, 15) is 5.11 Å². The topological polar surface area (TPSA) is 20.2 Å². The van der Waals surface area contributed by atoms with Gasteiger partial charge in [0, 0.05) is 10.9 Å². The van der Waals surface area contributed by atoms with Crippen LogP contribution in [0.4, 0.5) is 0 Å². The van der Waals surface area contributed by atoms with Crippen molar-refractivity contribution in [2.75, 3.05) is 0 Å². The van der Waals surface area contributed by atoms with Crippen molar-refractivity contribution >= 4 is 27.9 Å². The van der Waals surface area contributed by atoms with Gasteiger partial charge < -0.3 is 5.11 Å². The summed E-state index contributed by atoms with van der Waals surface area (Å²) in [6.07, 6.45) is 6.83. The van der Waals surface area contributed by atoms with Gasteiger partial charge >= 0.3 is 0 Å². The second-order valence-corrected chi connectivity index (χ2v) is 8.45. The molecule has 2 aliphatic rings. The minimum Gasteiger partial charge on any atom is -0.392 e. The molecule has 0 radical (unpaired) electrons. The fourth-order valence-corrected chi connectivity index (χ4v) is 5.09. The number of allylic oxidation sites excluding steroid dienone is 4. The van der Waals surface area contributed by atoms with E-state index in [0.717, 1.165) is 23.8 Å². The summed E-state index contributed by atoms with van der Waals surface area (Å²) in [5.74, 6) is 0.978. The minimum absolute atomic E-state index is 0.0266. The molecule has 0 saturated heterocycles. The molecule has 2 heteroatoms. The second kappa shape index (κ2) is 6.92. The van der Waals surface area contributed by atoms with E-state index >= 15 is 0 Å². The summed E-state index contributed by atoms with van der Waals surface area (Å²) in [5, 5.41) is 12.6. The van der Waals surface area contributed by atoms with Crippen molar-refractivity contribution in [3.05, 3.63) is 99.6 Å². The first kappa shape index (κ1) is 17.7.